The first-order chi connectivity index (χ1) is 13.1. The lowest BCUT2D eigenvalue weighted by atomic mass is 9.99. The maximum atomic E-state index is 12.5. The molecule has 140 valence electrons. The molecule has 3 aromatic rings. The molecule has 0 bridgehead atoms. The van der Waals surface area contributed by atoms with Crippen molar-refractivity contribution >= 4 is 39.8 Å². The van der Waals surface area contributed by atoms with E-state index >= 15 is 0 Å². The number of aromatic amines is 1. The molecule has 2 heterocycles. The number of carbonyl (C=O) groups is 1. The largest absolute Gasteiger partial charge is 0.372 e. The summed E-state index contributed by atoms with van der Waals surface area (Å²) in [4.78, 5) is 18.1. The predicted molar refractivity (Wildman–Crippen MR) is 113 cm³/mol. The number of nitrogens with zero attached hydrogens (tertiary/aromatic N) is 1. The third kappa shape index (κ3) is 4.11. The second-order valence-electron chi connectivity index (χ2n) is 7.45. The lowest BCUT2D eigenvalue weighted by Gasteiger charge is -2.32. The van der Waals surface area contributed by atoms with Crippen LogP contribution in [-0.2, 0) is 11.2 Å². The van der Waals surface area contributed by atoms with Gasteiger partial charge < -0.3 is 15.2 Å². The molecule has 0 unspecified atom stereocenters. The van der Waals surface area contributed by atoms with Gasteiger partial charge in [0.1, 0.15) is 0 Å². The number of carbonyl (C=O) groups excluding carboxylic acids is 1. The Balaban J connectivity index is 1.40. The van der Waals surface area contributed by atoms with Crippen LogP contribution in [0.4, 0.5) is 11.4 Å². The van der Waals surface area contributed by atoms with E-state index in [2.05, 4.69) is 34.3 Å². The quantitative estimate of drug-likeness (QED) is 0.649. The summed E-state index contributed by atoms with van der Waals surface area (Å²) in [6.45, 7) is 4.53. The van der Waals surface area contributed by atoms with Crippen LogP contribution in [0.1, 0.15) is 25.3 Å². The van der Waals surface area contributed by atoms with E-state index in [0.717, 1.165) is 41.2 Å². The molecule has 4 nitrogen and oxygen atoms in total. The van der Waals surface area contributed by atoms with Gasteiger partial charge in [-0.25, -0.2) is 0 Å². The van der Waals surface area contributed by atoms with Crippen molar-refractivity contribution in [3.05, 3.63) is 59.2 Å². The summed E-state index contributed by atoms with van der Waals surface area (Å²) in [5, 5.41) is 4.66. The zero-order valence-electron chi connectivity index (χ0n) is 15.5. The Morgan fingerprint density at radius 2 is 1.93 bits per heavy atom. The monoisotopic (exact) mass is 381 g/mol. The van der Waals surface area contributed by atoms with E-state index < -0.39 is 0 Å². The number of hydrogen-bond donors (Lipinski definition) is 2. The molecule has 1 saturated heterocycles. The Morgan fingerprint density at radius 3 is 2.67 bits per heavy atom. The highest BCUT2D eigenvalue weighted by Crippen LogP contribution is 2.25. The van der Waals surface area contributed by atoms with Gasteiger partial charge in [0.15, 0.2) is 0 Å². The number of nitrogens with one attached hydrogen (secondary N) is 2. The number of aromatic nitrogens is 1. The van der Waals surface area contributed by atoms with Gasteiger partial charge in [0, 0.05) is 46.6 Å². The zero-order valence-corrected chi connectivity index (χ0v) is 16.2. The summed E-state index contributed by atoms with van der Waals surface area (Å²) in [6.07, 6.45) is 4.67. The first-order valence-electron chi connectivity index (χ1n) is 9.49. The van der Waals surface area contributed by atoms with Crippen LogP contribution in [0, 0.1) is 5.92 Å². The average Bonchev–Trinajstić information content (AvgIpc) is 3.05. The molecule has 1 aliphatic heterocycles. The molecule has 1 aliphatic rings. The van der Waals surface area contributed by atoms with Crippen LogP contribution in [0.15, 0.2) is 48.7 Å². The lowest BCUT2D eigenvalue weighted by molar-refractivity contribution is -0.115. The molecule has 0 aliphatic carbocycles. The van der Waals surface area contributed by atoms with Crippen LogP contribution in [-0.4, -0.2) is 24.0 Å². The fourth-order valence-corrected chi connectivity index (χ4v) is 3.87. The average molecular weight is 382 g/mol. The number of benzene rings is 2. The van der Waals surface area contributed by atoms with Crippen molar-refractivity contribution in [3.63, 3.8) is 0 Å². The number of halogens is 1. The van der Waals surface area contributed by atoms with Crippen molar-refractivity contribution in [3.8, 4) is 0 Å². The molecule has 0 saturated carbocycles. The van der Waals surface area contributed by atoms with Crippen molar-refractivity contribution in [1.82, 2.24) is 4.98 Å². The molecule has 5 heteroatoms. The summed E-state index contributed by atoms with van der Waals surface area (Å²) in [6, 6.07) is 13.8. The molecule has 2 N–H and O–H groups in total. The van der Waals surface area contributed by atoms with Crippen LogP contribution in [0.2, 0.25) is 5.02 Å². The Hall–Kier alpha value is -2.46. The van der Waals surface area contributed by atoms with Crippen LogP contribution >= 0.6 is 11.6 Å². The third-order valence-electron chi connectivity index (χ3n) is 5.38. The predicted octanol–water partition coefficient (Wildman–Crippen LogP) is 5.24. The number of anilines is 2. The minimum atomic E-state index is -0.0320. The second kappa shape index (κ2) is 7.65. The van der Waals surface area contributed by atoms with Gasteiger partial charge in [-0.2, -0.15) is 0 Å². The highest BCUT2D eigenvalue weighted by atomic mass is 35.5. The third-order valence-corrected chi connectivity index (χ3v) is 5.62. The van der Waals surface area contributed by atoms with Crippen LogP contribution in [0.25, 0.3) is 10.9 Å². The maximum absolute atomic E-state index is 12.5. The minimum absolute atomic E-state index is 0.0320. The van der Waals surface area contributed by atoms with Crippen molar-refractivity contribution in [1.29, 1.82) is 0 Å². The second-order valence-corrected chi connectivity index (χ2v) is 7.88. The Morgan fingerprint density at radius 1 is 1.19 bits per heavy atom. The van der Waals surface area contributed by atoms with Crippen LogP contribution in [0.5, 0.6) is 0 Å². The van der Waals surface area contributed by atoms with Crippen LogP contribution in [0.3, 0.4) is 0 Å². The normalized spacial score (nSPS) is 15.3. The molecular formula is C22H24ClN3O. The van der Waals surface area contributed by atoms with E-state index in [4.69, 9.17) is 11.6 Å². The smallest absolute Gasteiger partial charge is 0.228 e. The molecule has 4 rings (SSSR count). The van der Waals surface area contributed by atoms with Crippen molar-refractivity contribution in [2.45, 2.75) is 26.2 Å². The molecular weight excluding hydrogens is 358 g/mol. The van der Waals surface area contributed by atoms with Gasteiger partial charge in [0.05, 0.1) is 6.42 Å². The highest BCUT2D eigenvalue weighted by molar-refractivity contribution is 6.31. The highest BCUT2D eigenvalue weighted by Gasteiger charge is 2.16. The van der Waals surface area contributed by atoms with Crippen molar-refractivity contribution in [2.24, 2.45) is 5.92 Å². The van der Waals surface area contributed by atoms with Gasteiger partial charge in [-0.1, -0.05) is 18.5 Å². The number of amides is 1. The van der Waals surface area contributed by atoms with E-state index in [9.17, 15) is 4.79 Å². The van der Waals surface area contributed by atoms with Crippen molar-refractivity contribution in [2.75, 3.05) is 23.3 Å². The molecule has 0 atom stereocenters. The van der Waals surface area contributed by atoms with Gasteiger partial charge in [-0.05, 0) is 66.8 Å². The topological polar surface area (TPSA) is 48.1 Å². The molecule has 2 aromatic carbocycles. The molecule has 1 amide bonds. The SMILES string of the molecule is CC1CCN(c2ccc(NC(=O)Cc3c[nH]c4ccc(Cl)cc34)cc2)CC1. The molecule has 1 fully saturated rings. The number of hydrogen-bond acceptors (Lipinski definition) is 2. The first kappa shape index (κ1) is 17.9. The van der Waals surface area contributed by atoms with Crippen LogP contribution < -0.4 is 10.2 Å². The molecule has 0 spiro atoms. The van der Waals surface area contributed by atoms with Gasteiger partial charge in [0.2, 0.25) is 5.91 Å². The van der Waals surface area contributed by atoms with Gasteiger partial charge >= 0.3 is 0 Å². The summed E-state index contributed by atoms with van der Waals surface area (Å²) in [7, 11) is 0. The zero-order chi connectivity index (χ0) is 18.8. The van der Waals surface area contributed by atoms with Gasteiger partial charge in [-0.3, -0.25) is 4.79 Å². The standard InChI is InChI=1S/C22H24ClN3O/c1-15-8-10-26(11-9-15)19-5-3-18(4-6-19)25-22(27)12-16-14-24-21-7-2-17(23)13-20(16)21/h2-7,13-15,24H,8-12H2,1H3,(H,25,27). The summed E-state index contributed by atoms with van der Waals surface area (Å²) < 4.78 is 0. The fraction of sp³-hybridized carbons (Fsp3) is 0.318. The molecule has 1 aromatic heterocycles. The Kier molecular flexibility index (Phi) is 5.08. The maximum Gasteiger partial charge on any atom is 0.228 e. The van der Waals surface area contributed by atoms with Crippen molar-refractivity contribution < 1.29 is 4.79 Å². The van der Waals surface area contributed by atoms with E-state index in [0.29, 0.717) is 11.4 Å². The van der Waals surface area contributed by atoms with E-state index in [1.165, 1.54) is 18.5 Å². The first-order valence-corrected chi connectivity index (χ1v) is 9.86. The summed E-state index contributed by atoms with van der Waals surface area (Å²) >= 11 is 6.08. The number of piperidine rings is 1. The van der Waals surface area contributed by atoms with Gasteiger partial charge in [0.25, 0.3) is 0 Å². The molecule has 0 radical (unpaired) electrons. The minimum Gasteiger partial charge on any atom is -0.372 e. The fourth-order valence-electron chi connectivity index (χ4n) is 3.70. The van der Waals surface area contributed by atoms with E-state index in [1.807, 2.05) is 36.5 Å². The Labute approximate surface area is 164 Å². The summed E-state index contributed by atoms with van der Waals surface area (Å²) in [5.74, 6) is 0.787. The lowest BCUT2D eigenvalue weighted by Crippen LogP contribution is -2.32. The summed E-state index contributed by atoms with van der Waals surface area (Å²) in [5.41, 5.74) is 3.99. The number of H-pyrrole nitrogens is 1. The molecule has 27 heavy (non-hydrogen) atoms. The van der Waals surface area contributed by atoms with E-state index in [1.54, 1.807) is 0 Å². The number of rotatable bonds is 4. The van der Waals surface area contributed by atoms with Gasteiger partial charge in [-0.15, -0.1) is 0 Å². The Bertz CT molecular complexity index is 940. The number of fused-ring (bicyclic) bond motifs is 1. The van der Waals surface area contributed by atoms with E-state index in [-0.39, 0.29) is 5.91 Å².